The Morgan fingerprint density at radius 3 is 2.50 bits per heavy atom. The minimum Gasteiger partial charge on any atom is -0.399 e. The molecule has 1 aromatic carbocycles. The number of benzene rings is 1. The van der Waals surface area contributed by atoms with E-state index < -0.39 is 5.41 Å². The maximum atomic E-state index is 12.1. The summed E-state index contributed by atoms with van der Waals surface area (Å²) in [4.78, 5) is 17.6. The molecule has 0 radical (unpaired) electrons. The Labute approximate surface area is 120 Å². The SMILES string of the molecule is CC(C)(C)C(=O)ON1CC=CCC1c1ccc(N)cc1. The molecule has 108 valence electrons. The van der Waals surface area contributed by atoms with Gasteiger partial charge in [-0.05, 0) is 44.9 Å². The van der Waals surface area contributed by atoms with Gasteiger partial charge in [0.1, 0.15) is 0 Å². The number of rotatable bonds is 2. The molecule has 1 aliphatic rings. The highest BCUT2D eigenvalue weighted by molar-refractivity contribution is 5.75. The zero-order chi connectivity index (χ0) is 14.8. The van der Waals surface area contributed by atoms with E-state index in [1.807, 2.05) is 51.1 Å². The van der Waals surface area contributed by atoms with Crippen molar-refractivity contribution in [1.29, 1.82) is 0 Å². The van der Waals surface area contributed by atoms with Crippen LogP contribution < -0.4 is 5.73 Å². The van der Waals surface area contributed by atoms with Crippen LogP contribution in [0.5, 0.6) is 0 Å². The van der Waals surface area contributed by atoms with Crippen molar-refractivity contribution in [2.45, 2.75) is 33.2 Å². The topological polar surface area (TPSA) is 55.6 Å². The van der Waals surface area contributed by atoms with Crippen molar-refractivity contribution in [3.8, 4) is 0 Å². The van der Waals surface area contributed by atoms with Crippen LogP contribution in [0.15, 0.2) is 36.4 Å². The normalized spacial score (nSPS) is 19.9. The first kappa shape index (κ1) is 14.6. The third kappa shape index (κ3) is 3.39. The Balaban J connectivity index is 2.16. The van der Waals surface area contributed by atoms with Gasteiger partial charge in [-0.1, -0.05) is 24.3 Å². The molecule has 1 heterocycles. The smallest absolute Gasteiger partial charge is 0.330 e. The zero-order valence-electron chi connectivity index (χ0n) is 12.3. The zero-order valence-corrected chi connectivity index (χ0v) is 12.3. The molecule has 2 N–H and O–H groups in total. The molecule has 1 unspecified atom stereocenters. The molecule has 0 amide bonds. The fraction of sp³-hybridized carbons (Fsp3) is 0.438. The van der Waals surface area contributed by atoms with E-state index in [0.717, 1.165) is 17.7 Å². The third-order valence-electron chi connectivity index (χ3n) is 3.29. The van der Waals surface area contributed by atoms with Gasteiger partial charge in [0.05, 0.1) is 18.0 Å². The fourth-order valence-electron chi connectivity index (χ4n) is 2.01. The summed E-state index contributed by atoms with van der Waals surface area (Å²) in [5.74, 6) is -0.215. The molecular formula is C16H22N2O2. The Morgan fingerprint density at radius 2 is 1.90 bits per heavy atom. The molecule has 4 heteroatoms. The van der Waals surface area contributed by atoms with Crippen LogP contribution in [-0.4, -0.2) is 17.6 Å². The van der Waals surface area contributed by atoms with Crippen LogP contribution in [0.25, 0.3) is 0 Å². The Morgan fingerprint density at radius 1 is 1.25 bits per heavy atom. The van der Waals surface area contributed by atoms with Gasteiger partial charge in [-0.2, -0.15) is 0 Å². The van der Waals surface area contributed by atoms with Crippen LogP contribution in [0, 0.1) is 5.41 Å². The lowest BCUT2D eigenvalue weighted by molar-refractivity contribution is -0.210. The first-order valence-corrected chi connectivity index (χ1v) is 6.87. The van der Waals surface area contributed by atoms with Crippen LogP contribution >= 0.6 is 0 Å². The summed E-state index contributed by atoms with van der Waals surface area (Å²) in [5.41, 5.74) is 7.05. The Hall–Kier alpha value is -1.81. The molecular weight excluding hydrogens is 252 g/mol. The quantitative estimate of drug-likeness (QED) is 0.665. The molecule has 2 rings (SSSR count). The average molecular weight is 274 g/mol. The van der Waals surface area contributed by atoms with E-state index in [9.17, 15) is 4.79 Å². The predicted octanol–water partition coefficient (Wildman–Crippen LogP) is 3.08. The molecule has 0 fully saturated rings. The summed E-state index contributed by atoms with van der Waals surface area (Å²) in [6.07, 6.45) is 4.95. The van der Waals surface area contributed by atoms with Crippen molar-refractivity contribution >= 4 is 11.7 Å². The number of nitrogens with zero attached hydrogens (tertiary/aromatic N) is 1. The van der Waals surface area contributed by atoms with Crippen molar-refractivity contribution in [2.75, 3.05) is 12.3 Å². The van der Waals surface area contributed by atoms with E-state index in [4.69, 9.17) is 10.6 Å². The number of anilines is 1. The van der Waals surface area contributed by atoms with E-state index in [-0.39, 0.29) is 12.0 Å². The van der Waals surface area contributed by atoms with Crippen LogP contribution in [0.4, 0.5) is 5.69 Å². The lowest BCUT2D eigenvalue weighted by Gasteiger charge is -2.33. The van der Waals surface area contributed by atoms with Crippen LogP contribution in [0.3, 0.4) is 0 Å². The standard InChI is InChI=1S/C16H22N2O2/c1-16(2,3)15(19)20-18-11-5-4-6-14(18)12-7-9-13(17)10-8-12/h4-5,7-10,14H,6,11,17H2,1-3H3. The second-order valence-electron chi connectivity index (χ2n) is 6.12. The maximum absolute atomic E-state index is 12.1. The van der Waals surface area contributed by atoms with Crippen molar-refractivity contribution < 1.29 is 9.63 Å². The summed E-state index contributed by atoms with van der Waals surface area (Å²) in [6.45, 7) is 6.17. The van der Waals surface area contributed by atoms with Crippen molar-refractivity contribution in [3.63, 3.8) is 0 Å². The van der Waals surface area contributed by atoms with Gasteiger partial charge < -0.3 is 10.6 Å². The number of carbonyl (C=O) groups excluding carboxylic acids is 1. The molecule has 0 saturated heterocycles. The molecule has 1 atom stereocenters. The lowest BCUT2D eigenvalue weighted by atomic mass is 9.97. The van der Waals surface area contributed by atoms with E-state index in [1.54, 1.807) is 5.06 Å². The van der Waals surface area contributed by atoms with Gasteiger partial charge in [0, 0.05) is 5.69 Å². The van der Waals surface area contributed by atoms with Gasteiger partial charge in [-0.15, -0.1) is 5.06 Å². The molecule has 1 aromatic rings. The van der Waals surface area contributed by atoms with Gasteiger partial charge >= 0.3 is 5.97 Å². The molecule has 4 nitrogen and oxygen atoms in total. The highest BCUT2D eigenvalue weighted by atomic mass is 16.7. The van der Waals surface area contributed by atoms with Gasteiger partial charge in [0.25, 0.3) is 0 Å². The molecule has 20 heavy (non-hydrogen) atoms. The van der Waals surface area contributed by atoms with Crippen molar-refractivity contribution in [3.05, 3.63) is 42.0 Å². The number of nitrogen functional groups attached to an aromatic ring is 1. The van der Waals surface area contributed by atoms with Crippen LogP contribution in [0.1, 0.15) is 38.8 Å². The van der Waals surface area contributed by atoms with Gasteiger partial charge in [0.15, 0.2) is 0 Å². The van der Waals surface area contributed by atoms with E-state index in [0.29, 0.717) is 6.54 Å². The minimum atomic E-state index is -0.507. The van der Waals surface area contributed by atoms with E-state index >= 15 is 0 Å². The molecule has 0 aromatic heterocycles. The molecule has 0 saturated carbocycles. The van der Waals surface area contributed by atoms with E-state index in [2.05, 4.69) is 6.08 Å². The van der Waals surface area contributed by atoms with Crippen LogP contribution in [0.2, 0.25) is 0 Å². The Bertz CT molecular complexity index is 500. The largest absolute Gasteiger partial charge is 0.399 e. The van der Waals surface area contributed by atoms with Gasteiger partial charge in [0.2, 0.25) is 0 Å². The minimum absolute atomic E-state index is 0.0481. The monoisotopic (exact) mass is 274 g/mol. The summed E-state index contributed by atoms with van der Waals surface area (Å²) in [6, 6.07) is 7.76. The first-order chi connectivity index (χ1) is 9.38. The average Bonchev–Trinajstić information content (AvgIpc) is 2.39. The third-order valence-corrected chi connectivity index (χ3v) is 3.29. The summed E-state index contributed by atoms with van der Waals surface area (Å²) < 4.78 is 0. The number of nitrogens with two attached hydrogens (primary N) is 1. The summed E-state index contributed by atoms with van der Waals surface area (Å²) >= 11 is 0. The molecule has 0 aliphatic carbocycles. The number of hydroxylamine groups is 2. The van der Waals surface area contributed by atoms with Gasteiger partial charge in [-0.3, -0.25) is 0 Å². The fourth-order valence-corrected chi connectivity index (χ4v) is 2.01. The van der Waals surface area contributed by atoms with Crippen molar-refractivity contribution in [1.82, 2.24) is 5.06 Å². The Kier molecular flexibility index (Phi) is 4.14. The lowest BCUT2D eigenvalue weighted by Crippen LogP contribution is -2.37. The first-order valence-electron chi connectivity index (χ1n) is 6.87. The molecule has 0 bridgehead atoms. The van der Waals surface area contributed by atoms with E-state index in [1.165, 1.54) is 0 Å². The van der Waals surface area contributed by atoms with Crippen molar-refractivity contribution in [2.24, 2.45) is 5.41 Å². The number of hydrogen-bond acceptors (Lipinski definition) is 4. The predicted molar refractivity (Wildman–Crippen MR) is 79.6 cm³/mol. The van der Waals surface area contributed by atoms with Crippen LogP contribution in [-0.2, 0) is 9.63 Å². The molecule has 1 aliphatic heterocycles. The summed E-state index contributed by atoms with van der Waals surface area (Å²) in [7, 11) is 0. The number of carbonyl (C=O) groups is 1. The highest BCUT2D eigenvalue weighted by Gasteiger charge is 2.30. The second kappa shape index (κ2) is 5.67. The maximum Gasteiger partial charge on any atom is 0.330 e. The highest BCUT2D eigenvalue weighted by Crippen LogP contribution is 2.30. The van der Waals surface area contributed by atoms with Gasteiger partial charge in [-0.25, -0.2) is 4.79 Å². The summed E-state index contributed by atoms with van der Waals surface area (Å²) in [5, 5.41) is 1.75. The number of hydrogen-bond donors (Lipinski definition) is 1. The second-order valence-corrected chi connectivity index (χ2v) is 6.12. The molecule has 0 spiro atoms.